The fraction of sp³-hybridized carbons (Fsp3) is 0.0233. The Morgan fingerprint density at radius 3 is 1.04 bits per heavy atom. The number of hydrogen-bond acceptors (Lipinski definition) is 21. The maximum absolute atomic E-state index is 13.3. The summed E-state index contributed by atoms with van der Waals surface area (Å²) in [7, 11) is -30.5. The van der Waals surface area contributed by atoms with Crippen molar-refractivity contribution in [1.29, 1.82) is 0 Å². The van der Waals surface area contributed by atoms with E-state index in [4.69, 9.17) is 0 Å². The second-order valence-electron chi connectivity index (χ2n) is 15.9. The van der Waals surface area contributed by atoms with Crippen LogP contribution in [0.5, 0.6) is 0 Å². The van der Waals surface area contributed by atoms with E-state index in [9.17, 15) is 103 Å². The van der Waals surface area contributed by atoms with Gasteiger partial charge in [0.15, 0.2) is 0 Å². The molecule has 0 heterocycles. The number of hydrogen-bond donors (Lipinski definition) is 9. The molecule has 30 nitrogen and oxygen atoms in total. The molecule has 0 aliphatic carbocycles. The third-order valence-electron chi connectivity index (χ3n) is 10.8. The van der Waals surface area contributed by atoms with Gasteiger partial charge in [-0.15, -0.1) is 0 Å². The molecule has 0 saturated heterocycles. The number of fused-ring (bicyclic) bond motifs is 2. The lowest BCUT2D eigenvalue weighted by atomic mass is 10.1. The molecule has 412 valence electrons. The van der Waals surface area contributed by atoms with E-state index in [-0.39, 0.29) is 33.9 Å². The summed E-state index contributed by atoms with van der Waals surface area (Å²) in [4.78, 5) is 44.5. The van der Waals surface area contributed by atoms with Crippen LogP contribution in [0.2, 0.25) is 0 Å². The van der Waals surface area contributed by atoms with Crippen LogP contribution >= 0.6 is 0 Å². The molecule has 79 heavy (non-hydrogen) atoms. The Balaban J connectivity index is 1.10. The van der Waals surface area contributed by atoms with Crippen LogP contribution in [0, 0.1) is 0 Å². The van der Waals surface area contributed by atoms with Crippen molar-refractivity contribution in [3.05, 3.63) is 131 Å². The first-order valence-electron chi connectivity index (χ1n) is 20.7. The number of carboxylic acids is 2. The summed E-state index contributed by atoms with van der Waals surface area (Å²) >= 11 is 0. The SMILES string of the molecule is COS(=O)(=O)c1cc(S(=O)(=O)O)cc2c(S(=O)(=O)O)cc(N=Nc3ccc(NC(=O)c4ccc(C(=O)Nc5ccc(N=Nc6cc(S(=O)(=O)O)c7cc(S(=O)(=O)O)cc(S(=O)(=O)O)c7c6)cc5C(=O)O)cc4)c(C(=O)O)c3)cc12. The summed E-state index contributed by atoms with van der Waals surface area (Å²) < 4.78 is 200. The average molecular weight is 1210 g/mol. The van der Waals surface area contributed by atoms with Gasteiger partial charge in [-0.3, -0.25) is 36.5 Å². The van der Waals surface area contributed by atoms with Gasteiger partial charge in [0, 0.05) is 32.7 Å². The molecule has 2 amide bonds. The molecule has 0 aromatic heterocycles. The number of carbonyl (C=O) groups excluding carboxylic acids is 2. The van der Waals surface area contributed by atoms with Gasteiger partial charge in [-0.1, -0.05) is 0 Å². The number of anilines is 2. The predicted octanol–water partition coefficient (Wildman–Crippen LogP) is 6.29. The largest absolute Gasteiger partial charge is 0.478 e. The zero-order valence-corrected chi connectivity index (χ0v) is 43.6. The molecule has 7 aromatic rings. The maximum atomic E-state index is 13.3. The number of carbonyl (C=O) groups is 4. The minimum absolute atomic E-state index is 0.144. The van der Waals surface area contributed by atoms with E-state index < -0.39 is 158 Å². The molecule has 0 aliphatic heterocycles. The normalized spacial score (nSPS) is 12.8. The van der Waals surface area contributed by atoms with Crippen molar-refractivity contribution in [2.45, 2.75) is 29.4 Å². The van der Waals surface area contributed by atoms with Crippen LogP contribution in [0.4, 0.5) is 34.1 Å². The number of nitrogens with zero attached hydrogens (tertiary/aromatic N) is 4. The van der Waals surface area contributed by atoms with Crippen LogP contribution in [0.1, 0.15) is 41.4 Å². The van der Waals surface area contributed by atoms with E-state index >= 15 is 0 Å². The van der Waals surface area contributed by atoms with Gasteiger partial charge in [-0.25, -0.2) is 9.59 Å². The standard InChI is InChI=1S/C43H30N6O24S6/c1-73-79(71,72)39-19-27(75(59,60)61)17-31-29(39)13-25(15-37(31)77(65,66)67)49-47-23-7-9-35(33(11-23)43(54)55)45-41(51)21-4-2-20(3-5-21)40(50)44-34-8-6-22(10-32(34)42(52)53)46-48-24-12-28-30(36(14-24)76(62,63)64)16-26(74(56,57)58)18-38(28)78(68,69)70/h2-19H,1H3,(H,44,50)(H,45,51)(H,52,53)(H,54,55)(H,56,57,58)(H,59,60,61)(H,62,63,64)(H,65,66,67)(H,68,69,70). The molecule has 9 N–H and O–H groups in total. The Morgan fingerprint density at radius 1 is 0.392 bits per heavy atom. The Morgan fingerprint density at radius 2 is 0.709 bits per heavy atom. The van der Waals surface area contributed by atoms with Gasteiger partial charge >= 0.3 is 11.9 Å². The summed E-state index contributed by atoms with van der Waals surface area (Å²) in [5, 5.41) is 37.1. The third-order valence-corrected chi connectivity index (χ3v) is 16.4. The van der Waals surface area contributed by atoms with E-state index in [1.165, 1.54) is 0 Å². The van der Waals surface area contributed by atoms with Gasteiger partial charge in [0.2, 0.25) is 0 Å². The number of amides is 2. The van der Waals surface area contributed by atoms with Crippen LogP contribution in [0.15, 0.2) is 159 Å². The first-order valence-corrected chi connectivity index (χ1v) is 29.3. The number of aromatic carboxylic acids is 2. The molecule has 0 aliphatic rings. The lowest BCUT2D eigenvalue weighted by molar-refractivity contribution is 0.0687. The maximum Gasteiger partial charge on any atom is 0.337 e. The van der Waals surface area contributed by atoms with Crippen molar-refractivity contribution >= 4 is 140 Å². The van der Waals surface area contributed by atoms with Crippen LogP contribution in [-0.2, 0) is 64.9 Å². The lowest BCUT2D eigenvalue weighted by Gasteiger charge is -2.12. The molecule has 7 rings (SSSR count). The molecule has 0 unspecified atom stereocenters. The van der Waals surface area contributed by atoms with E-state index in [1.54, 1.807) is 0 Å². The van der Waals surface area contributed by atoms with Crippen LogP contribution in [0.25, 0.3) is 21.5 Å². The van der Waals surface area contributed by atoms with Crippen molar-refractivity contribution in [1.82, 2.24) is 0 Å². The van der Waals surface area contributed by atoms with Crippen molar-refractivity contribution in [3.8, 4) is 0 Å². The van der Waals surface area contributed by atoms with Crippen LogP contribution in [0.3, 0.4) is 0 Å². The molecule has 0 radical (unpaired) electrons. The molecule has 7 aromatic carbocycles. The Labute approximate surface area is 443 Å². The first kappa shape index (κ1) is 58.3. The molecule has 36 heteroatoms. The minimum Gasteiger partial charge on any atom is -0.478 e. The highest BCUT2D eigenvalue weighted by Crippen LogP contribution is 2.39. The Kier molecular flexibility index (Phi) is 15.6. The molecule has 0 atom stereocenters. The van der Waals surface area contributed by atoms with Crippen molar-refractivity contribution < 1.29 is 107 Å². The number of azo groups is 2. The number of carboxylic acid groups (broad SMARTS) is 2. The van der Waals surface area contributed by atoms with Gasteiger partial charge in [0.1, 0.15) is 19.6 Å². The molecule has 0 spiro atoms. The number of benzene rings is 7. The summed E-state index contributed by atoms with van der Waals surface area (Å²) in [6, 6.07) is 15.5. The van der Waals surface area contributed by atoms with E-state index in [0.29, 0.717) is 43.5 Å². The van der Waals surface area contributed by atoms with Crippen LogP contribution in [-0.4, -0.2) is 114 Å². The molecular formula is C43H30N6O24S6. The first-order chi connectivity index (χ1) is 36.5. The Hall–Kier alpha value is -8.40. The summed E-state index contributed by atoms with van der Waals surface area (Å²) in [6.45, 7) is 0. The smallest absolute Gasteiger partial charge is 0.337 e. The van der Waals surface area contributed by atoms with Gasteiger partial charge in [-0.05, 0) is 109 Å². The monoisotopic (exact) mass is 1210 g/mol. The molecule has 0 saturated carbocycles. The predicted molar refractivity (Wildman–Crippen MR) is 269 cm³/mol. The molecule has 0 bridgehead atoms. The fourth-order valence-electron chi connectivity index (χ4n) is 7.22. The third kappa shape index (κ3) is 13.0. The second kappa shape index (κ2) is 21.1. The second-order valence-corrected chi connectivity index (χ2v) is 24.6. The number of rotatable bonds is 17. The van der Waals surface area contributed by atoms with Crippen LogP contribution < -0.4 is 10.6 Å². The quantitative estimate of drug-likeness (QED) is 0.0274. The van der Waals surface area contributed by atoms with Crippen molar-refractivity contribution in [3.63, 3.8) is 0 Å². The highest BCUT2D eigenvalue weighted by atomic mass is 32.2. The zero-order valence-electron chi connectivity index (χ0n) is 38.7. The van der Waals surface area contributed by atoms with Crippen molar-refractivity contribution in [2.75, 3.05) is 17.7 Å². The fourth-order valence-corrected chi connectivity index (χ4v) is 11.5. The van der Waals surface area contributed by atoms with Gasteiger partial charge in [-0.2, -0.15) is 71.0 Å². The summed E-state index contributed by atoms with van der Waals surface area (Å²) in [6.07, 6.45) is 0. The van der Waals surface area contributed by atoms with Gasteiger partial charge in [0.25, 0.3) is 72.5 Å². The molecule has 0 fully saturated rings. The summed E-state index contributed by atoms with van der Waals surface area (Å²) in [5.74, 6) is -5.08. The van der Waals surface area contributed by atoms with Crippen molar-refractivity contribution in [2.24, 2.45) is 20.5 Å². The zero-order chi connectivity index (χ0) is 58.5. The highest BCUT2D eigenvalue weighted by molar-refractivity contribution is 7.88. The number of nitrogens with one attached hydrogen (secondary N) is 2. The topological polar surface area (TPSA) is 497 Å². The highest BCUT2D eigenvalue weighted by Gasteiger charge is 2.29. The van der Waals surface area contributed by atoms with Gasteiger partial charge in [0.05, 0.1) is 62.2 Å². The van der Waals surface area contributed by atoms with Gasteiger partial charge < -0.3 is 20.8 Å². The lowest BCUT2D eigenvalue weighted by Crippen LogP contribution is -2.16. The molecular weight excluding hydrogens is 1180 g/mol. The van der Waals surface area contributed by atoms with E-state index in [0.717, 1.165) is 72.8 Å². The Bertz CT molecular complexity index is 4610. The van der Waals surface area contributed by atoms with E-state index in [1.807, 2.05) is 0 Å². The van der Waals surface area contributed by atoms with E-state index in [2.05, 4.69) is 35.3 Å². The minimum atomic E-state index is -5.36. The summed E-state index contributed by atoms with van der Waals surface area (Å²) in [5.41, 5.74) is -3.68. The average Bonchev–Trinajstić information content (AvgIpc) is 3.35.